The van der Waals surface area contributed by atoms with Crippen LogP contribution in [0.1, 0.15) is 29.8 Å². The number of aromatic nitrogens is 3. The van der Waals surface area contributed by atoms with Crippen LogP contribution >= 0.6 is 0 Å². The van der Waals surface area contributed by atoms with Gasteiger partial charge in [-0.2, -0.15) is 5.10 Å². The van der Waals surface area contributed by atoms with E-state index >= 15 is 0 Å². The molecule has 2 aromatic carbocycles. The number of nitrogen functional groups attached to an aromatic ring is 1. The number of carbonyl (C=O) groups excluding carboxylic acids is 2. The van der Waals surface area contributed by atoms with Gasteiger partial charge in [0, 0.05) is 47.6 Å². The van der Waals surface area contributed by atoms with Crippen LogP contribution in [0.15, 0.2) is 54.7 Å². The van der Waals surface area contributed by atoms with Gasteiger partial charge in [-0.3, -0.25) is 14.3 Å². The van der Waals surface area contributed by atoms with Gasteiger partial charge in [-0.15, -0.1) is 0 Å². The second-order valence-electron chi connectivity index (χ2n) is 7.53. The predicted octanol–water partition coefficient (Wildman–Crippen LogP) is 4.22. The van der Waals surface area contributed by atoms with Crippen LogP contribution in [0.25, 0.3) is 22.2 Å². The molecule has 4 aromatic rings. The van der Waals surface area contributed by atoms with E-state index in [9.17, 15) is 9.59 Å². The molecule has 0 unspecified atom stereocenters. The van der Waals surface area contributed by atoms with Gasteiger partial charge in [0.1, 0.15) is 11.5 Å². The molecule has 2 aromatic heterocycles. The molecule has 162 valence electrons. The Morgan fingerprint density at radius 2 is 1.88 bits per heavy atom. The van der Waals surface area contributed by atoms with Crippen molar-refractivity contribution in [3.05, 3.63) is 65.9 Å². The summed E-state index contributed by atoms with van der Waals surface area (Å²) in [6.45, 7) is 6.05. The van der Waals surface area contributed by atoms with Crippen molar-refractivity contribution in [2.24, 2.45) is 0 Å². The zero-order valence-electron chi connectivity index (χ0n) is 18.1. The number of aryl methyl sites for hydroxylation is 2. The van der Waals surface area contributed by atoms with Crippen molar-refractivity contribution in [2.45, 2.75) is 27.3 Å². The normalized spacial score (nSPS) is 10.8. The molecule has 32 heavy (non-hydrogen) atoms. The molecule has 0 bridgehead atoms. The number of anilines is 3. The van der Waals surface area contributed by atoms with Crippen LogP contribution in [0.5, 0.6) is 0 Å². The highest BCUT2D eigenvalue weighted by Crippen LogP contribution is 2.29. The second-order valence-corrected chi connectivity index (χ2v) is 7.53. The van der Waals surface area contributed by atoms with Crippen molar-refractivity contribution in [3.63, 3.8) is 0 Å². The molecule has 0 saturated carbocycles. The second kappa shape index (κ2) is 8.50. The molecule has 4 N–H and O–H groups in total. The molecule has 0 fully saturated rings. The zero-order valence-corrected chi connectivity index (χ0v) is 18.1. The minimum atomic E-state index is -0.254. The molecule has 0 aliphatic heterocycles. The first-order valence-electron chi connectivity index (χ1n) is 10.3. The number of hydrogen-bond acceptors (Lipinski definition) is 5. The third-order valence-corrected chi connectivity index (χ3v) is 5.18. The van der Waals surface area contributed by atoms with Crippen LogP contribution < -0.4 is 16.4 Å². The monoisotopic (exact) mass is 428 g/mol. The molecule has 2 heterocycles. The van der Waals surface area contributed by atoms with Gasteiger partial charge in [-0.1, -0.05) is 6.07 Å². The summed E-state index contributed by atoms with van der Waals surface area (Å²) in [6.07, 6.45) is 1.68. The number of hydrogen-bond donors (Lipinski definition) is 3. The van der Waals surface area contributed by atoms with E-state index in [1.165, 1.54) is 6.92 Å². The third kappa shape index (κ3) is 4.15. The first-order valence-corrected chi connectivity index (χ1v) is 10.3. The predicted molar refractivity (Wildman–Crippen MR) is 126 cm³/mol. The molecular weight excluding hydrogens is 404 g/mol. The molecule has 4 rings (SSSR count). The number of pyridine rings is 1. The first kappa shape index (κ1) is 21.0. The topological polar surface area (TPSA) is 115 Å². The van der Waals surface area contributed by atoms with E-state index in [0.29, 0.717) is 29.3 Å². The molecule has 0 saturated heterocycles. The molecule has 0 aliphatic carbocycles. The summed E-state index contributed by atoms with van der Waals surface area (Å²) >= 11 is 0. The number of benzene rings is 2. The largest absolute Gasteiger partial charge is 0.384 e. The highest BCUT2D eigenvalue weighted by molar-refractivity contribution is 6.08. The van der Waals surface area contributed by atoms with E-state index in [2.05, 4.69) is 15.6 Å². The van der Waals surface area contributed by atoms with Gasteiger partial charge in [-0.25, -0.2) is 4.98 Å². The molecule has 2 amide bonds. The van der Waals surface area contributed by atoms with Crippen LogP contribution in [0.4, 0.5) is 17.2 Å². The van der Waals surface area contributed by atoms with Gasteiger partial charge in [0.2, 0.25) is 5.91 Å². The number of carbonyl (C=O) groups is 2. The average Bonchev–Trinajstić information content (AvgIpc) is 3.14. The van der Waals surface area contributed by atoms with E-state index in [-0.39, 0.29) is 11.8 Å². The van der Waals surface area contributed by atoms with Gasteiger partial charge >= 0.3 is 0 Å². The van der Waals surface area contributed by atoms with Gasteiger partial charge < -0.3 is 16.4 Å². The van der Waals surface area contributed by atoms with Crippen LogP contribution in [-0.4, -0.2) is 26.6 Å². The SMILES string of the molecule is CCn1nc(-c2ccc(N)nc2)c2cc(C(=O)Nc3ccc(C)c(NC(C)=O)c3)ccc21. The lowest BCUT2D eigenvalue weighted by Gasteiger charge is -2.11. The highest BCUT2D eigenvalue weighted by atomic mass is 16.2. The van der Waals surface area contributed by atoms with E-state index < -0.39 is 0 Å². The van der Waals surface area contributed by atoms with Crippen molar-refractivity contribution < 1.29 is 9.59 Å². The lowest BCUT2D eigenvalue weighted by molar-refractivity contribution is -0.114. The molecular formula is C24H24N6O2. The fourth-order valence-corrected chi connectivity index (χ4v) is 3.55. The smallest absolute Gasteiger partial charge is 0.255 e. The van der Waals surface area contributed by atoms with E-state index in [1.807, 2.05) is 42.8 Å². The molecule has 0 radical (unpaired) electrons. The fraction of sp³-hybridized carbons (Fsp3) is 0.167. The summed E-state index contributed by atoms with van der Waals surface area (Å²) in [6, 6.07) is 14.5. The van der Waals surface area contributed by atoms with Crippen molar-refractivity contribution in [1.82, 2.24) is 14.8 Å². The summed E-state index contributed by atoms with van der Waals surface area (Å²) < 4.78 is 1.89. The number of nitrogens with zero attached hydrogens (tertiary/aromatic N) is 3. The Labute approximate surface area is 185 Å². The number of fused-ring (bicyclic) bond motifs is 1. The number of nitrogens with one attached hydrogen (secondary N) is 2. The quantitative estimate of drug-likeness (QED) is 0.440. The van der Waals surface area contributed by atoms with Gasteiger partial charge in [0.25, 0.3) is 5.91 Å². The minimum Gasteiger partial charge on any atom is -0.384 e. The van der Waals surface area contributed by atoms with Crippen LogP contribution in [-0.2, 0) is 11.3 Å². The third-order valence-electron chi connectivity index (χ3n) is 5.18. The highest BCUT2D eigenvalue weighted by Gasteiger charge is 2.16. The van der Waals surface area contributed by atoms with Crippen molar-refractivity contribution in [1.29, 1.82) is 0 Å². The Balaban J connectivity index is 1.69. The lowest BCUT2D eigenvalue weighted by Crippen LogP contribution is -2.13. The number of rotatable bonds is 5. The van der Waals surface area contributed by atoms with Crippen LogP contribution in [0, 0.1) is 6.92 Å². The Kier molecular flexibility index (Phi) is 5.59. The van der Waals surface area contributed by atoms with Crippen LogP contribution in [0.2, 0.25) is 0 Å². The summed E-state index contributed by atoms with van der Waals surface area (Å²) in [4.78, 5) is 28.6. The van der Waals surface area contributed by atoms with Gasteiger partial charge in [0.15, 0.2) is 0 Å². The molecule has 8 nitrogen and oxygen atoms in total. The lowest BCUT2D eigenvalue weighted by atomic mass is 10.1. The van der Waals surface area contributed by atoms with E-state index in [0.717, 1.165) is 27.7 Å². The molecule has 0 aliphatic rings. The van der Waals surface area contributed by atoms with E-state index in [1.54, 1.807) is 30.5 Å². The summed E-state index contributed by atoms with van der Waals surface area (Å²) in [5.74, 6) is 0.0135. The molecule has 0 atom stereocenters. The van der Waals surface area contributed by atoms with Crippen molar-refractivity contribution in [2.75, 3.05) is 16.4 Å². The zero-order chi connectivity index (χ0) is 22.8. The Morgan fingerprint density at radius 3 is 2.56 bits per heavy atom. The Morgan fingerprint density at radius 1 is 1.06 bits per heavy atom. The van der Waals surface area contributed by atoms with E-state index in [4.69, 9.17) is 10.8 Å². The fourth-order valence-electron chi connectivity index (χ4n) is 3.55. The van der Waals surface area contributed by atoms with Gasteiger partial charge in [0.05, 0.1) is 5.52 Å². The maximum Gasteiger partial charge on any atom is 0.255 e. The van der Waals surface area contributed by atoms with Crippen LogP contribution in [0.3, 0.4) is 0 Å². The first-order chi connectivity index (χ1) is 15.4. The molecule has 0 spiro atoms. The van der Waals surface area contributed by atoms with Crippen molar-refractivity contribution in [3.8, 4) is 11.3 Å². The van der Waals surface area contributed by atoms with Gasteiger partial charge in [-0.05, 0) is 61.9 Å². The molecule has 8 heteroatoms. The Hall–Kier alpha value is -4.20. The summed E-state index contributed by atoms with van der Waals surface area (Å²) in [5.41, 5.74) is 10.9. The summed E-state index contributed by atoms with van der Waals surface area (Å²) in [5, 5.41) is 11.2. The standard InChI is InChI=1S/C24H24N6O2/c1-4-30-21-9-6-16(11-19(21)23(29-30)17-7-10-22(25)26-13-17)24(32)28-18-8-5-14(2)20(12-18)27-15(3)31/h5-13H,4H2,1-3H3,(H2,25,26)(H,27,31)(H,28,32). The average molecular weight is 428 g/mol. The Bertz CT molecular complexity index is 1320. The van der Waals surface area contributed by atoms with Crippen molar-refractivity contribution >= 4 is 39.9 Å². The number of amides is 2. The number of nitrogens with two attached hydrogens (primary N) is 1. The maximum atomic E-state index is 13.0. The minimum absolute atomic E-state index is 0.167. The summed E-state index contributed by atoms with van der Waals surface area (Å²) in [7, 11) is 0. The maximum absolute atomic E-state index is 13.0.